The number of carbonyl (C=O) groups excluding carboxylic acids is 1. The van der Waals surface area contributed by atoms with Crippen LogP contribution in [-0.4, -0.2) is 39.8 Å². The van der Waals surface area contributed by atoms with E-state index in [0.717, 1.165) is 19.0 Å². The number of fused-ring (bicyclic) bond motifs is 1. The summed E-state index contributed by atoms with van der Waals surface area (Å²) in [5.74, 6) is 2.62. The van der Waals surface area contributed by atoms with Gasteiger partial charge in [0, 0.05) is 19.0 Å². The highest BCUT2D eigenvalue weighted by atomic mass is 16.6. The summed E-state index contributed by atoms with van der Waals surface area (Å²) >= 11 is 0. The number of likely N-dealkylation sites (tertiary alicyclic amines) is 1. The molecule has 0 spiro atoms. The molecule has 3 rings (SSSR count). The van der Waals surface area contributed by atoms with Gasteiger partial charge in [-0.25, -0.2) is 4.79 Å². The lowest BCUT2D eigenvalue weighted by molar-refractivity contribution is 0.0269. The van der Waals surface area contributed by atoms with E-state index in [2.05, 4.69) is 10.1 Å². The molecule has 6 nitrogen and oxygen atoms in total. The molecular formula is C13H19N3O3. The molecule has 1 aliphatic carbocycles. The molecule has 1 saturated carbocycles. The van der Waals surface area contributed by atoms with Crippen molar-refractivity contribution in [2.24, 2.45) is 11.8 Å². The zero-order chi connectivity index (χ0) is 13.8. The summed E-state index contributed by atoms with van der Waals surface area (Å²) in [7, 11) is 0. The first kappa shape index (κ1) is 12.4. The Balaban J connectivity index is 1.57. The number of hydrogen-bond acceptors (Lipinski definition) is 5. The third-order valence-electron chi connectivity index (χ3n) is 3.67. The molecule has 0 radical (unpaired) electrons. The van der Waals surface area contributed by atoms with Crippen molar-refractivity contribution in [3.05, 3.63) is 11.7 Å². The van der Waals surface area contributed by atoms with E-state index < -0.39 is 5.60 Å². The molecule has 6 heteroatoms. The second-order valence-corrected chi connectivity index (χ2v) is 6.42. The fraction of sp³-hybridized carbons (Fsp3) is 0.769. The van der Waals surface area contributed by atoms with E-state index in [-0.39, 0.29) is 6.09 Å². The molecule has 0 bridgehead atoms. The maximum atomic E-state index is 11.9. The van der Waals surface area contributed by atoms with Gasteiger partial charge >= 0.3 is 6.09 Å². The summed E-state index contributed by atoms with van der Waals surface area (Å²) in [6.45, 7) is 8.92. The highest BCUT2D eigenvalue weighted by molar-refractivity contribution is 5.69. The van der Waals surface area contributed by atoms with E-state index >= 15 is 0 Å². The molecule has 2 fully saturated rings. The zero-order valence-electron chi connectivity index (χ0n) is 11.7. The molecule has 0 aromatic carbocycles. The largest absolute Gasteiger partial charge is 0.444 e. The lowest BCUT2D eigenvalue weighted by atomic mass is 10.2. The first-order valence-corrected chi connectivity index (χ1v) is 6.63. The van der Waals surface area contributed by atoms with Crippen LogP contribution in [-0.2, 0) is 4.74 Å². The van der Waals surface area contributed by atoms with Gasteiger partial charge in [-0.3, -0.25) is 0 Å². The van der Waals surface area contributed by atoms with Crippen molar-refractivity contribution in [3.8, 4) is 0 Å². The summed E-state index contributed by atoms with van der Waals surface area (Å²) in [6, 6.07) is 0. The Labute approximate surface area is 112 Å². The van der Waals surface area contributed by atoms with Crippen LogP contribution < -0.4 is 0 Å². The monoisotopic (exact) mass is 265 g/mol. The highest BCUT2D eigenvalue weighted by Crippen LogP contribution is 2.57. The summed E-state index contributed by atoms with van der Waals surface area (Å²) in [4.78, 5) is 18.0. The van der Waals surface area contributed by atoms with Crippen LogP contribution in [0.1, 0.15) is 38.4 Å². The highest BCUT2D eigenvalue weighted by Gasteiger charge is 2.60. The Kier molecular flexibility index (Phi) is 2.59. The van der Waals surface area contributed by atoms with Crippen molar-refractivity contribution in [2.45, 2.75) is 39.2 Å². The van der Waals surface area contributed by atoms with Crippen LogP contribution >= 0.6 is 0 Å². The van der Waals surface area contributed by atoms with Crippen LogP contribution in [0.4, 0.5) is 4.79 Å². The van der Waals surface area contributed by atoms with Gasteiger partial charge in [-0.05, 0) is 39.5 Å². The Morgan fingerprint density at radius 1 is 1.37 bits per heavy atom. The normalized spacial score (nSPS) is 29.3. The van der Waals surface area contributed by atoms with Crippen LogP contribution in [0.15, 0.2) is 4.52 Å². The first-order chi connectivity index (χ1) is 8.85. The molecule has 19 heavy (non-hydrogen) atoms. The van der Waals surface area contributed by atoms with Crippen molar-refractivity contribution in [1.82, 2.24) is 15.0 Å². The van der Waals surface area contributed by atoms with Gasteiger partial charge in [0.1, 0.15) is 5.60 Å². The standard InChI is InChI=1S/C13H19N3O3/c1-7-14-11(19-15-7)10-8-5-16(6-9(8)10)12(17)18-13(2,3)4/h8-10H,5-6H2,1-4H3/t8-,9+,10?. The molecular weight excluding hydrogens is 246 g/mol. The molecule has 1 saturated heterocycles. The Hall–Kier alpha value is -1.59. The quantitative estimate of drug-likeness (QED) is 0.776. The topological polar surface area (TPSA) is 68.5 Å². The SMILES string of the molecule is Cc1noc(C2[C@H]3CN(C(=O)OC(C)(C)C)C[C@@H]23)n1. The maximum Gasteiger partial charge on any atom is 0.410 e. The van der Waals surface area contributed by atoms with Gasteiger partial charge in [-0.1, -0.05) is 5.16 Å². The average Bonchev–Trinajstić information content (AvgIpc) is 2.67. The van der Waals surface area contributed by atoms with E-state index in [1.54, 1.807) is 4.90 Å². The first-order valence-electron chi connectivity index (χ1n) is 6.63. The molecule has 2 heterocycles. The number of nitrogens with zero attached hydrogens (tertiary/aromatic N) is 3. The van der Waals surface area contributed by atoms with Gasteiger partial charge < -0.3 is 14.2 Å². The fourth-order valence-electron chi connectivity index (χ4n) is 2.82. The Morgan fingerprint density at radius 3 is 2.47 bits per heavy atom. The van der Waals surface area contributed by atoms with Crippen molar-refractivity contribution >= 4 is 6.09 Å². The van der Waals surface area contributed by atoms with Crippen LogP contribution in [0.25, 0.3) is 0 Å². The summed E-state index contributed by atoms with van der Waals surface area (Å²) in [5, 5.41) is 3.82. The predicted octanol–water partition coefficient (Wildman–Crippen LogP) is 1.96. The Bertz CT molecular complexity index is 493. The van der Waals surface area contributed by atoms with E-state index in [9.17, 15) is 4.79 Å². The maximum absolute atomic E-state index is 11.9. The molecule has 1 unspecified atom stereocenters. The molecule has 0 N–H and O–H groups in total. The van der Waals surface area contributed by atoms with E-state index in [4.69, 9.17) is 9.26 Å². The number of aryl methyl sites for hydroxylation is 1. The average molecular weight is 265 g/mol. The number of carbonyl (C=O) groups is 1. The second kappa shape index (κ2) is 3.95. The van der Waals surface area contributed by atoms with Crippen molar-refractivity contribution in [1.29, 1.82) is 0 Å². The van der Waals surface area contributed by atoms with Gasteiger partial charge in [-0.15, -0.1) is 0 Å². The predicted molar refractivity (Wildman–Crippen MR) is 66.6 cm³/mol. The molecule has 2 aliphatic rings. The fourth-order valence-corrected chi connectivity index (χ4v) is 2.82. The van der Waals surface area contributed by atoms with Gasteiger partial charge in [0.25, 0.3) is 0 Å². The molecule has 1 aromatic rings. The molecule has 104 valence electrons. The molecule has 3 atom stereocenters. The third-order valence-corrected chi connectivity index (χ3v) is 3.67. The summed E-state index contributed by atoms with van der Waals surface area (Å²) in [6.07, 6.45) is -0.222. The number of aromatic nitrogens is 2. The minimum absolute atomic E-state index is 0.222. The number of hydrogen-bond donors (Lipinski definition) is 0. The van der Waals surface area contributed by atoms with Crippen molar-refractivity contribution < 1.29 is 14.1 Å². The van der Waals surface area contributed by atoms with E-state index in [1.165, 1.54) is 0 Å². The van der Waals surface area contributed by atoms with Gasteiger partial charge in [0.2, 0.25) is 5.89 Å². The minimum atomic E-state index is -0.438. The van der Waals surface area contributed by atoms with E-state index in [0.29, 0.717) is 23.6 Å². The van der Waals surface area contributed by atoms with E-state index in [1.807, 2.05) is 27.7 Å². The smallest absolute Gasteiger partial charge is 0.410 e. The summed E-state index contributed by atoms with van der Waals surface area (Å²) < 4.78 is 10.6. The Morgan fingerprint density at radius 2 is 2.00 bits per heavy atom. The van der Waals surface area contributed by atoms with Crippen LogP contribution in [0, 0.1) is 18.8 Å². The van der Waals surface area contributed by atoms with Gasteiger partial charge in [0.05, 0.1) is 0 Å². The van der Waals surface area contributed by atoms with Gasteiger partial charge in [0.15, 0.2) is 5.82 Å². The number of ether oxygens (including phenoxy) is 1. The van der Waals surface area contributed by atoms with Crippen LogP contribution in [0.3, 0.4) is 0 Å². The van der Waals surface area contributed by atoms with Crippen LogP contribution in [0.5, 0.6) is 0 Å². The third kappa shape index (κ3) is 2.31. The second-order valence-electron chi connectivity index (χ2n) is 6.42. The zero-order valence-corrected chi connectivity index (χ0v) is 11.7. The lowest BCUT2D eigenvalue weighted by Crippen LogP contribution is -2.36. The number of piperidine rings is 1. The number of amides is 1. The van der Waals surface area contributed by atoms with Crippen molar-refractivity contribution in [3.63, 3.8) is 0 Å². The van der Waals surface area contributed by atoms with Gasteiger partial charge in [-0.2, -0.15) is 4.98 Å². The number of rotatable bonds is 1. The van der Waals surface area contributed by atoms with Crippen LogP contribution in [0.2, 0.25) is 0 Å². The summed E-state index contributed by atoms with van der Waals surface area (Å²) in [5.41, 5.74) is -0.438. The molecule has 1 aliphatic heterocycles. The molecule has 1 aromatic heterocycles. The molecule has 1 amide bonds. The van der Waals surface area contributed by atoms with Crippen molar-refractivity contribution in [2.75, 3.05) is 13.1 Å². The lowest BCUT2D eigenvalue weighted by Gasteiger charge is -2.25. The minimum Gasteiger partial charge on any atom is -0.444 e.